The highest BCUT2D eigenvalue weighted by Gasteiger charge is 2.18. The number of nitro groups is 1. The van der Waals surface area contributed by atoms with Gasteiger partial charge in [0.15, 0.2) is 5.69 Å². The van der Waals surface area contributed by atoms with Crippen LogP contribution in [0.15, 0.2) is 24.3 Å². The van der Waals surface area contributed by atoms with Gasteiger partial charge < -0.3 is 5.73 Å². The van der Waals surface area contributed by atoms with Gasteiger partial charge in [0.2, 0.25) is 0 Å². The topological polar surface area (TPSA) is 106 Å². The van der Waals surface area contributed by atoms with Crippen LogP contribution in [0.25, 0.3) is 10.6 Å². The van der Waals surface area contributed by atoms with E-state index in [2.05, 4.69) is 4.98 Å². The molecule has 2 N–H and O–H groups in total. The van der Waals surface area contributed by atoms with Crippen LogP contribution in [0.4, 0.5) is 11.5 Å². The number of nitriles is 1. The van der Waals surface area contributed by atoms with E-state index in [9.17, 15) is 10.1 Å². The van der Waals surface area contributed by atoms with Gasteiger partial charge in [-0.25, -0.2) is 4.98 Å². The Balaban J connectivity index is 2.61. The maximum Gasteiger partial charge on any atom is 0.296 e. The van der Waals surface area contributed by atoms with E-state index in [0.29, 0.717) is 9.75 Å². The lowest BCUT2D eigenvalue weighted by Crippen LogP contribution is -1.97. The second-order valence-corrected chi connectivity index (χ2v) is 4.22. The highest BCUT2D eigenvalue weighted by Crippen LogP contribution is 2.33. The first kappa shape index (κ1) is 11.0. The highest BCUT2D eigenvalue weighted by molar-refractivity contribution is 7.16. The highest BCUT2D eigenvalue weighted by atomic mass is 32.1. The number of nitrogens with two attached hydrogens (primary N) is 1. The van der Waals surface area contributed by atoms with E-state index >= 15 is 0 Å². The molecule has 0 aliphatic rings. The van der Waals surface area contributed by atoms with Crippen LogP contribution in [0.1, 0.15) is 4.88 Å². The van der Waals surface area contributed by atoms with Gasteiger partial charge in [-0.15, -0.1) is 11.3 Å². The predicted octanol–water partition coefficient (Wildman–Crippen LogP) is 2.17. The van der Waals surface area contributed by atoms with Gasteiger partial charge in [-0.2, -0.15) is 5.26 Å². The number of hydrogen-bond donors (Lipinski definition) is 1. The molecule has 0 saturated carbocycles. The summed E-state index contributed by atoms with van der Waals surface area (Å²) in [7, 11) is 0. The van der Waals surface area contributed by atoms with Crippen molar-refractivity contribution in [3.63, 3.8) is 0 Å². The third-order valence-electron chi connectivity index (χ3n) is 2.04. The van der Waals surface area contributed by atoms with Gasteiger partial charge >= 0.3 is 0 Å². The van der Waals surface area contributed by atoms with Gasteiger partial charge in [0.1, 0.15) is 16.8 Å². The van der Waals surface area contributed by atoms with E-state index in [1.54, 1.807) is 12.1 Å². The summed E-state index contributed by atoms with van der Waals surface area (Å²) in [6, 6.07) is 7.87. The Hall–Kier alpha value is -2.46. The summed E-state index contributed by atoms with van der Waals surface area (Å²) in [4.78, 5) is 15.3. The van der Waals surface area contributed by atoms with E-state index in [1.165, 1.54) is 12.1 Å². The molecule has 0 radical (unpaired) electrons. The van der Waals surface area contributed by atoms with Gasteiger partial charge in [0.25, 0.3) is 5.69 Å². The van der Waals surface area contributed by atoms with Gasteiger partial charge in [-0.1, -0.05) is 0 Å². The van der Waals surface area contributed by atoms with Crippen molar-refractivity contribution in [2.45, 2.75) is 0 Å². The van der Waals surface area contributed by atoms with E-state index < -0.39 is 4.92 Å². The molecule has 2 aromatic heterocycles. The molecule has 0 bridgehead atoms. The lowest BCUT2D eigenvalue weighted by Gasteiger charge is -2.00. The van der Waals surface area contributed by atoms with Crippen LogP contribution in [0.5, 0.6) is 0 Å². The lowest BCUT2D eigenvalue weighted by atomic mass is 10.2. The van der Waals surface area contributed by atoms with E-state index in [-0.39, 0.29) is 17.2 Å². The standard InChI is InChI=1S/C10H6N4O2S/c11-5-6-1-3-8(17-6)10-7(14(15)16)2-4-9(12)13-10/h1-4H,(H2,12,13). The zero-order chi connectivity index (χ0) is 12.4. The van der Waals surface area contributed by atoms with Crippen molar-refractivity contribution in [3.8, 4) is 16.6 Å². The molecule has 2 heterocycles. The van der Waals surface area contributed by atoms with Crippen LogP contribution in [-0.4, -0.2) is 9.91 Å². The maximum atomic E-state index is 10.8. The van der Waals surface area contributed by atoms with Crippen LogP contribution in [0.3, 0.4) is 0 Å². The number of anilines is 1. The van der Waals surface area contributed by atoms with Crippen molar-refractivity contribution in [3.05, 3.63) is 39.3 Å². The molecule has 0 saturated heterocycles. The molecule has 0 atom stereocenters. The van der Waals surface area contributed by atoms with Crippen LogP contribution in [0.2, 0.25) is 0 Å². The summed E-state index contributed by atoms with van der Waals surface area (Å²) in [5.41, 5.74) is 5.59. The summed E-state index contributed by atoms with van der Waals surface area (Å²) >= 11 is 1.14. The van der Waals surface area contributed by atoms with Crippen molar-refractivity contribution in [2.24, 2.45) is 0 Å². The summed E-state index contributed by atoms with van der Waals surface area (Å²) in [5, 5.41) is 19.6. The number of nitrogens with zero attached hydrogens (tertiary/aromatic N) is 3. The molecule has 6 nitrogen and oxygen atoms in total. The third-order valence-corrected chi connectivity index (χ3v) is 3.04. The van der Waals surface area contributed by atoms with Gasteiger partial charge in [-0.3, -0.25) is 10.1 Å². The summed E-state index contributed by atoms with van der Waals surface area (Å²) in [5.74, 6) is 0.206. The largest absolute Gasteiger partial charge is 0.384 e. The molecule has 0 aromatic carbocycles. The second-order valence-electron chi connectivity index (χ2n) is 3.14. The normalized spacial score (nSPS) is 9.82. The Kier molecular flexibility index (Phi) is 2.72. The molecule has 84 valence electrons. The fourth-order valence-corrected chi connectivity index (χ4v) is 2.12. The van der Waals surface area contributed by atoms with Crippen LogP contribution in [-0.2, 0) is 0 Å². The average molecular weight is 246 g/mol. The van der Waals surface area contributed by atoms with Gasteiger partial charge in [0, 0.05) is 6.07 Å². The number of thiophene rings is 1. The van der Waals surface area contributed by atoms with E-state index in [0.717, 1.165) is 11.3 Å². The second kappa shape index (κ2) is 4.19. The Morgan fingerprint density at radius 3 is 2.76 bits per heavy atom. The lowest BCUT2D eigenvalue weighted by molar-refractivity contribution is -0.384. The SMILES string of the molecule is N#Cc1ccc(-c2nc(N)ccc2[N+](=O)[O-])s1. The molecule has 17 heavy (non-hydrogen) atoms. The smallest absolute Gasteiger partial charge is 0.296 e. The number of hydrogen-bond acceptors (Lipinski definition) is 6. The minimum Gasteiger partial charge on any atom is -0.384 e. The molecule has 0 spiro atoms. The van der Waals surface area contributed by atoms with Crippen LogP contribution >= 0.6 is 11.3 Å². The molecule has 0 amide bonds. The molecule has 0 unspecified atom stereocenters. The fraction of sp³-hybridized carbons (Fsp3) is 0. The molecular weight excluding hydrogens is 240 g/mol. The number of pyridine rings is 1. The molecule has 0 fully saturated rings. The Morgan fingerprint density at radius 1 is 1.41 bits per heavy atom. The molecule has 7 heteroatoms. The first-order chi connectivity index (χ1) is 8.11. The Bertz CT molecular complexity index is 629. The first-order valence-electron chi connectivity index (χ1n) is 4.53. The summed E-state index contributed by atoms with van der Waals surface area (Å²) in [6.45, 7) is 0. The van der Waals surface area contributed by atoms with Crippen molar-refractivity contribution in [2.75, 3.05) is 5.73 Å². The van der Waals surface area contributed by atoms with E-state index in [4.69, 9.17) is 11.0 Å². The van der Waals surface area contributed by atoms with Gasteiger partial charge in [-0.05, 0) is 18.2 Å². The molecule has 2 aromatic rings. The van der Waals surface area contributed by atoms with Crippen LogP contribution < -0.4 is 5.73 Å². The monoisotopic (exact) mass is 246 g/mol. The van der Waals surface area contributed by atoms with Crippen LogP contribution in [0, 0.1) is 21.4 Å². The molecular formula is C10H6N4O2S. The minimum absolute atomic E-state index is 0.120. The molecule has 2 rings (SSSR count). The van der Waals surface area contributed by atoms with Gasteiger partial charge in [0.05, 0.1) is 9.80 Å². The zero-order valence-electron chi connectivity index (χ0n) is 8.45. The van der Waals surface area contributed by atoms with E-state index in [1.807, 2.05) is 6.07 Å². The maximum absolute atomic E-state index is 10.8. The zero-order valence-corrected chi connectivity index (χ0v) is 9.27. The van der Waals surface area contributed by atoms with Crippen molar-refractivity contribution < 1.29 is 4.92 Å². The number of nitrogen functional groups attached to an aromatic ring is 1. The third kappa shape index (κ3) is 2.07. The summed E-state index contributed by atoms with van der Waals surface area (Å²) in [6.07, 6.45) is 0. The first-order valence-corrected chi connectivity index (χ1v) is 5.34. The number of aromatic nitrogens is 1. The minimum atomic E-state index is -0.520. The van der Waals surface area contributed by atoms with Crippen molar-refractivity contribution in [1.29, 1.82) is 5.26 Å². The average Bonchev–Trinajstić information content (AvgIpc) is 2.76. The Labute approximate surface area is 100 Å². The van der Waals surface area contributed by atoms with Crippen molar-refractivity contribution >= 4 is 22.8 Å². The number of rotatable bonds is 2. The fourth-order valence-electron chi connectivity index (χ4n) is 1.32. The predicted molar refractivity (Wildman–Crippen MR) is 63.3 cm³/mol. The Morgan fingerprint density at radius 2 is 2.18 bits per heavy atom. The molecule has 0 aliphatic heterocycles. The summed E-state index contributed by atoms with van der Waals surface area (Å²) < 4.78 is 0. The quantitative estimate of drug-likeness (QED) is 0.645. The molecule has 0 aliphatic carbocycles. The van der Waals surface area contributed by atoms with Crippen molar-refractivity contribution in [1.82, 2.24) is 4.98 Å².